The van der Waals surface area contributed by atoms with Gasteiger partial charge in [-0.15, -0.1) is 0 Å². The molecule has 0 spiro atoms. The minimum atomic E-state index is -0.937. The van der Waals surface area contributed by atoms with E-state index in [1.807, 2.05) is 12.1 Å². The second-order valence-electron chi connectivity index (χ2n) is 4.78. The maximum atomic E-state index is 10.7. The molecule has 0 saturated carbocycles. The second-order valence-corrected chi connectivity index (χ2v) is 4.78. The fourth-order valence-electron chi connectivity index (χ4n) is 1.99. The van der Waals surface area contributed by atoms with Crippen LogP contribution in [0.1, 0.15) is 45.1 Å². The number of anilines is 1. The average molecular weight is 276 g/mol. The predicted octanol–water partition coefficient (Wildman–Crippen LogP) is 3.59. The highest BCUT2D eigenvalue weighted by atomic mass is 16.4. The number of rotatable bonds is 9. The number of nitrogens with zero attached hydrogens (tertiary/aromatic N) is 2. The fraction of sp³-hybridized carbons (Fsp3) is 0.500. The summed E-state index contributed by atoms with van der Waals surface area (Å²) in [5.41, 5.74) is 0.863. The number of carboxylic acid groups (broad SMARTS) is 1. The summed E-state index contributed by atoms with van der Waals surface area (Å²) in [6, 6.07) is 3.75. The van der Waals surface area contributed by atoms with Gasteiger partial charge in [0, 0.05) is 30.9 Å². The Balaban J connectivity index is 2.95. The van der Waals surface area contributed by atoms with Crippen LogP contribution in [0.25, 0.3) is 6.08 Å². The van der Waals surface area contributed by atoms with Crippen LogP contribution >= 0.6 is 0 Å². The maximum Gasteiger partial charge on any atom is 0.328 e. The van der Waals surface area contributed by atoms with Crippen molar-refractivity contribution in [2.75, 3.05) is 18.0 Å². The molecule has 0 bridgehead atoms. The van der Waals surface area contributed by atoms with Crippen LogP contribution in [-0.4, -0.2) is 29.1 Å². The predicted molar refractivity (Wildman–Crippen MR) is 82.9 cm³/mol. The largest absolute Gasteiger partial charge is 0.478 e. The van der Waals surface area contributed by atoms with Crippen molar-refractivity contribution in [3.05, 3.63) is 30.0 Å². The first-order valence-corrected chi connectivity index (χ1v) is 7.30. The van der Waals surface area contributed by atoms with Crippen LogP contribution in [0.5, 0.6) is 0 Å². The lowest BCUT2D eigenvalue weighted by molar-refractivity contribution is -0.131. The summed E-state index contributed by atoms with van der Waals surface area (Å²) in [4.78, 5) is 17.4. The molecule has 0 atom stereocenters. The number of unbranched alkanes of at least 4 members (excludes halogenated alkanes) is 2. The van der Waals surface area contributed by atoms with Crippen LogP contribution < -0.4 is 4.90 Å². The summed E-state index contributed by atoms with van der Waals surface area (Å²) in [5.74, 6) is -0.0552. The number of carbonyl (C=O) groups is 1. The minimum absolute atomic E-state index is 0.863. The summed E-state index contributed by atoms with van der Waals surface area (Å²) in [6.45, 7) is 6.26. The van der Waals surface area contributed by atoms with E-state index in [0.717, 1.165) is 50.2 Å². The first kappa shape index (κ1) is 16.2. The van der Waals surface area contributed by atoms with Gasteiger partial charge in [-0.25, -0.2) is 9.78 Å². The molecule has 4 heteroatoms. The summed E-state index contributed by atoms with van der Waals surface area (Å²) >= 11 is 0. The van der Waals surface area contributed by atoms with Crippen LogP contribution in [0.3, 0.4) is 0 Å². The van der Waals surface area contributed by atoms with Crippen LogP contribution in [0.15, 0.2) is 24.4 Å². The Bertz CT molecular complexity index is 436. The topological polar surface area (TPSA) is 53.4 Å². The number of aromatic nitrogens is 1. The van der Waals surface area contributed by atoms with Gasteiger partial charge in [-0.2, -0.15) is 0 Å². The normalized spacial score (nSPS) is 10.9. The average Bonchev–Trinajstić information content (AvgIpc) is 2.46. The van der Waals surface area contributed by atoms with Gasteiger partial charge >= 0.3 is 5.97 Å². The van der Waals surface area contributed by atoms with Crippen molar-refractivity contribution in [2.45, 2.75) is 39.5 Å². The lowest BCUT2D eigenvalue weighted by Crippen LogP contribution is -2.27. The van der Waals surface area contributed by atoms with E-state index < -0.39 is 5.97 Å². The van der Waals surface area contributed by atoms with Crippen LogP contribution in [0.4, 0.5) is 5.82 Å². The molecule has 0 saturated heterocycles. The summed E-state index contributed by atoms with van der Waals surface area (Å²) in [7, 11) is 0. The fourth-order valence-corrected chi connectivity index (χ4v) is 1.99. The van der Waals surface area contributed by atoms with Gasteiger partial charge in [-0.3, -0.25) is 0 Å². The molecule has 0 aliphatic rings. The smallest absolute Gasteiger partial charge is 0.328 e. The van der Waals surface area contributed by atoms with Crippen molar-refractivity contribution in [1.82, 2.24) is 4.98 Å². The molecule has 0 aliphatic heterocycles. The molecule has 1 heterocycles. The van der Waals surface area contributed by atoms with Gasteiger partial charge in [-0.05, 0) is 31.1 Å². The SMILES string of the molecule is CCCCN(CCCC)c1ncccc1/C=C/C(=O)O. The molecule has 110 valence electrons. The van der Waals surface area contributed by atoms with E-state index >= 15 is 0 Å². The highest BCUT2D eigenvalue weighted by Gasteiger charge is 2.10. The molecule has 1 rings (SSSR count). The van der Waals surface area contributed by atoms with E-state index in [4.69, 9.17) is 5.11 Å². The lowest BCUT2D eigenvalue weighted by atomic mass is 10.2. The molecule has 1 N–H and O–H groups in total. The van der Waals surface area contributed by atoms with Crippen LogP contribution in [-0.2, 0) is 4.79 Å². The Morgan fingerprint density at radius 3 is 2.50 bits per heavy atom. The summed E-state index contributed by atoms with van der Waals surface area (Å²) < 4.78 is 0. The Hall–Kier alpha value is -1.84. The molecular weight excluding hydrogens is 252 g/mol. The Morgan fingerprint density at radius 2 is 1.95 bits per heavy atom. The molecule has 0 fully saturated rings. The molecule has 1 aromatic heterocycles. The molecule has 0 radical (unpaired) electrons. The first-order chi connectivity index (χ1) is 9.69. The van der Waals surface area contributed by atoms with Gasteiger partial charge in [0.2, 0.25) is 0 Å². The first-order valence-electron chi connectivity index (χ1n) is 7.30. The zero-order chi connectivity index (χ0) is 14.8. The highest BCUT2D eigenvalue weighted by molar-refractivity contribution is 5.86. The number of hydrogen-bond acceptors (Lipinski definition) is 3. The summed E-state index contributed by atoms with van der Waals surface area (Å²) in [5, 5.41) is 8.77. The number of aliphatic carboxylic acids is 1. The third kappa shape index (κ3) is 5.43. The molecule has 20 heavy (non-hydrogen) atoms. The van der Waals surface area contributed by atoms with E-state index in [2.05, 4.69) is 23.7 Å². The Morgan fingerprint density at radius 1 is 1.30 bits per heavy atom. The third-order valence-electron chi connectivity index (χ3n) is 3.09. The van der Waals surface area contributed by atoms with E-state index in [0.29, 0.717) is 0 Å². The Labute approximate surface area is 121 Å². The zero-order valence-electron chi connectivity index (χ0n) is 12.4. The minimum Gasteiger partial charge on any atom is -0.478 e. The number of hydrogen-bond donors (Lipinski definition) is 1. The van der Waals surface area contributed by atoms with Crippen LogP contribution in [0, 0.1) is 0 Å². The molecular formula is C16H24N2O2. The van der Waals surface area contributed by atoms with Crippen molar-refractivity contribution < 1.29 is 9.90 Å². The number of pyridine rings is 1. The van der Waals surface area contributed by atoms with Gasteiger partial charge in [0.25, 0.3) is 0 Å². The second kappa shape index (κ2) is 9.13. The van der Waals surface area contributed by atoms with E-state index in [1.54, 1.807) is 12.3 Å². The van der Waals surface area contributed by atoms with Gasteiger partial charge in [0.1, 0.15) is 5.82 Å². The maximum absolute atomic E-state index is 10.7. The highest BCUT2D eigenvalue weighted by Crippen LogP contribution is 2.20. The molecule has 0 aromatic carbocycles. The standard InChI is InChI=1S/C16H24N2O2/c1-3-5-12-18(13-6-4-2)16-14(8-7-11-17-16)9-10-15(19)20/h7-11H,3-6,12-13H2,1-2H3,(H,19,20)/b10-9+. The van der Waals surface area contributed by atoms with E-state index in [1.165, 1.54) is 6.08 Å². The third-order valence-corrected chi connectivity index (χ3v) is 3.09. The quantitative estimate of drug-likeness (QED) is 0.700. The van der Waals surface area contributed by atoms with Crippen LogP contribution in [0.2, 0.25) is 0 Å². The molecule has 0 amide bonds. The van der Waals surface area contributed by atoms with Crippen molar-refractivity contribution in [3.8, 4) is 0 Å². The lowest BCUT2D eigenvalue weighted by Gasteiger charge is -2.25. The molecule has 4 nitrogen and oxygen atoms in total. The summed E-state index contributed by atoms with van der Waals surface area (Å²) in [6.07, 6.45) is 9.04. The molecule has 0 aliphatic carbocycles. The van der Waals surface area contributed by atoms with Crippen molar-refractivity contribution in [2.24, 2.45) is 0 Å². The Kier molecular flexibility index (Phi) is 7.40. The zero-order valence-corrected chi connectivity index (χ0v) is 12.4. The van der Waals surface area contributed by atoms with Gasteiger partial charge < -0.3 is 10.0 Å². The number of carboxylic acids is 1. The van der Waals surface area contributed by atoms with Gasteiger partial charge in [0.15, 0.2) is 0 Å². The van der Waals surface area contributed by atoms with E-state index in [9.17, 15) is 4.79 Å². The van der Waals surface area contributed by atoms with Crippen molar-refractivity contribution in [3.63, 3.8) is 0 Å². The van der Waals surface area contributed by atoms with Gasteiger partial charge in [0.05, 0.1) is 0 Å². The van der Waals surface area contributed by atoms with E-state index in [-0.39, 0.29) is 0 Å². The molecule has 1 aromatic rings. The van der Waals surface area contributed by atoms with Crippen molar-refractivity contribution >= 4 is 17.9 Å². The molecule has 0 unspecified atom stereocenters. The van der Waals surface area contributed by atoms with Crippen molar-refractivity contribution in [1.29, 1.82) is 0 Å². The van der Waals surface area contributed by atoms with Gasteiger partial charge in [-0.1, -0.05) is 26.7 Å². The monoisotopic (exact) mass is 276 g/mol.